The minimum atomic E-state index is -0.861. The lowest BCUT2D eigenvalue weighted by Crippen LogP contribution is -2.52. The van der Waals surface area contributed by atoms with E-state index in [9.17, 15) is 4.79 Å². The van der Waals surface area contributed by atoms with E-state index < -0.39 is 12.0 Å². The number of rotatable bonds is 2. The molecule has 3 unspecified atom stereocenters. The van der Waals surface area contributed by atoms with Gasteiger partial charge in [-0.3, -0.25) is 10.1 Å². The Morgan fingerprint density at radius 1 is 1.53 bits per heavy atom. The second kappa shape index (κ2) is 4.85. The van der Waals surface area contributed by atoms with E-state index >= 15 is 0 Å². The molecule has 1 aliphatic rings. The van der Waals surface area contributed by atoms with E-state index in [1.807, 2.05) is 25.1 Å². The average Bonchev–Trinajstić information content (AvgIpc) is 2.28. The molecule has 1 aromatic carbocycles. The van der Waals surface area contributed by atoms with Crippen molar-refractivity contribution >= 4 is 5.97 Å². The van der Waals surface area contributed by atoms with Crippen molar-refractivity contribution in [2.75, 3.05) is 6.54 Å². The maximum atomic E-state index is 10.9. The van der Waals surface area contributed by atoms with Gasteiger partial charge in [-0.25, -0.2) is 0 Å². The van der Waals surface area contributed by atoms with E-state index in [2.05, 4.69) is 11.4 Å². The van der Waals surface area contributed by atoms with E-state index in [4.69, 9.17) is 9.84 Å². The number of aliphatic carboxylic acids is 1. The maximum absolute atomic E-state index is 10.9. The highest BCUT2D eigenvalue weighted by Gasteiger charge is 2.33. The smallest absolute Gasteiger partial charge is 0.323 e. The molecule has 2 rings (SSSR count). The molecule has 17 heavy (non-hydrogen) atoms. The van der Waals surface area contributed by atoms with E-state index in [1.54, 1.807) is 6.92 Å². The van der Waals surface area contributed by atoms with Crippen LogP contribution in [0.1, 0.15) is 24.2 Å². The van der Waals surface area contributed by atoms with Crippen molar-refractivity contribution in [3.05, 3.63) is 35.4 Å². The summed E-state index contributed by atoms with van der Waals surface area (Å²) < 4.78 is 5.76. The van der Waals surface area contributed by atoms with Gasteiger partial charge in [0.1, 0.15) is 6.04 Å². The molecule has 1 aromatic rings. The first-order valence-electron chi connectivity index (χ1n) is 5.76. The molecule has 3 atom stereocenters. The number of benzene rings is 1. The zero-order valence-electron chi connectivity index (χ0n) is 10.0. The number of hydrogen-bond donors (Lipinski definition) is 2. The highest BCUT2D eigenvalue weighted by molar-refractivity contribution is 5.74. The van der Waals surface area contributed by atoms with Crippen LogP contribution in [-0.4, -0.2) is 29.8 Å². The van der Waals surface area contributed by atoms with Crippen LogP contribution in [0.4, 0.5) is 0 Å². The molecule has 92 valence electrons. The molecule has 2 N–H and O–H groups in total. The van der Waals surface area contributed by atoms with Crippen LogP contribution in [0.3, 0.4) is 0 Å². The fraction of sp³-hybridized carbons (Fsp3) is 0.462. The number of aryl methyl sites for hydroxylation is 1. The first-order chi connectivity index (χ1) is 8.08. The topological polar surface area (TPSA) is 58.6 Å². The quantitative estimate of drug-likeness (QED) is 0.815. The van der Waals surface area contributed by atoms with Crippen molar-refractivity contribution in [2.24, 2.45) is 0 Å². The van der Waals surface area contributed by atoms with Crippen molar-refractivity contribution < 1.29 is 14.6 Å². The summed E-state index contributed by atoms with van der Waals surface area (Å²) in [6.07, 6.45) is -0.396. The number of carboxylic acid groups (broad SMARTS) is 1. The van der Waals surface area contributed by atoms with E-state index in [0.717, 1.165) is 5.56 Å². The highest BCUT2D eigenvalue weighted by atomic mass is 16.5. The molecule has 1 saturated heterocycles. The van der Waals surface area contributed by atoms with Crippen LogP contribution in [0.2, 0.25) is 0 Å². The molecule has 0 spiro atoms. The highest BCUT2D eigenvalue weighted by Crippen LogP contribution is 2.24. The van der Waals surface area contributed by atoms with Crippen LogP contribution in [0, 0.1) is 6.92 Å². The number of nitrogens with one attached hydrogen (secondary N) is 1. The van der Waals surface area contributed by atoms with Crippen LogP contribution in [0.25, 0.3) is 0 Å². The molecule has 1 heterocycles. The van der Waals surface area contributed by atoms with E-state index in [0.29, 0.717) is 6.54 Å². The molecule has 1 aliphatic heterocycles. The zero-order chi connectivity index (χ0) is 12.4. The summed E-state index contributed by atoms with van der Waals surface area (Å²) in [6, 6.07) is 7.48. The Labute approximate surface area is 101 Å². The first kappa shape index (κ1) is 12.1. The van der Waals surface area contributed by atoms with Crippen LogP contribution in [0.5, 0.6) is 0 Å². The largest absolute Gasteiger partial charge is 0.480 e. The summed E-state index contributed by atoms with van der Waals surface area (Å²) in [5.74, 6) is -0.861. The lowest BCUT2D eigenvalue weighted by molar-refractivity contribution is -0.149. The lowest BCUT2D eigenvalue weighted by Gasteiger charge is -2.33. The Hall–Kier alpha value is -1.39. The van der Waals surface area contributed by atoms with Gasteiger partial charge in [0, 0.05) is 6.54 Å². The van der Waals surface area contributed by atoms with Gasteiger partial charge in [-0.2, -0.15) is 0 Å². The van der Waals surface area contributed by atoms with Crippen LogP contribution in [-0.2, 0) is 9.53 Å². The Kier molecular flexibility index (Phi) is 3.45. The lowest BCUT2D eigenvalue weighted by atomic mass is 10.0. The van der Waals surface area contributed by atoms with Crippen molar-refractivity contribution in [3.8, 4) is 0 Å². The maximum Gasteiger partial charge on any atom is 0.323 e. The van der Waals surface area contributed by atoms with Gasteiger partial charge in [0.15, 0.2) is 0 Å². The van der Waals surface area contributed by atoms with Gasteiger partial charge >= 0.3 is 5.97 Å². The summed E-state index contributed by atoms with van der Waals surface area (Å²) in [5.41, 5.74) is 2.27. The Balaban J connectivity index is 2.09. The molecular weight excluding hydrogens is 218 g/mol. The van der Waals surface area contributed by atoms with Gasteiger partial charge in [0.05, 0.1) is 12.2 Å². The van der Waals surface area contributed by atoms with Crippen molar-refractivity contribution in [3.63, 3.8) is 0 Å². The van der Waals surface area contributed by atoms with Crippen molar-refractivity contribution in [1.82, 2.24) is 5.32 Å². The molecule has 0 aliphatic carbocycles. The fourth-order valence-electron chi connectivity index (χ4n) is 2.14. The predicted octanol–water partition coefficient (Wildman–Crippen LogP) is 1.50. The normalized spacial score (nSPS) is 28.9. The summed E-state index contributed by atoms with van der Waals surface area (Å²) in [7, 11) is 0. The second-order valence-electron chi connectivity index (χ2n) is 4.47. The number of hydrogen-bond acceptors (Lipinski definition) is 3. The molecule has 0 radical (unpaired) electrons. The van der Waals surface area contributed by atoms with Gasteiger partial charge in [-0.1, -0.05) is 29.8 Å². The number of morpholine rings is 1. The molecule has 4 nitrogen and oxygen atoms in total. The van der Waals surface area contributed by atoms with Gasteiger partial charge in [-0.15, -0.1) is 0 Å². The Bertz CT molecular complexity index is 419. The van der Waals surface area contributed by atoms with Crippen LogP contribution in [0.15, 0.2) is 24.3 Å². The van der Waals surface area contributed by atoms with E-state index in [1.165, 1.54) is 5.56 Å². The summed E-state index contributed by atoms with van der Waals surface area (Å²) in [5, 5.41) is 12.0. The third-order valence-electron chi connectivity index (χ3n) is 3.05. The minimum Gasteiger partial charge on any atom is -0.480 e. The summed E-state index contributed by atoms with van der Waals surface area (Å²) >= 11 is 0. The monoisotopic (exact) mass is 235 g/mol. The fourth-order valence-corrected chi connectivity index (χ4v) is 2.14. The number of carbonyl (C=O) groups is 1. The molecule has 4 heteroatoms. The summed E-state index contributed by atoms with van der Waals surface area (Å²) in [4.78, 5) is 10.9. The van der Waals surface area contributed by atoms with Gasteiger partial charge in [-0.05, 0) is 19.4 Å². The van der Waals surface area contributed by atoms with Crippen LogP contribution >= 0.6 is 0 Å². The molecule has 0 amide bonds. The SMILES string of the molecule is Cc1cccc(C2CNC(C(=O)O)C(C)O2)c1. The Morgan fingerprint density at radius 3 is 2.88 bits per heavy atom. The molecule has 0 saturated carbocycles. The number of carboxylic acids is 1. The predicted molar refractivity (Wildman–Crippen MR) is 63.9 cm³/mol. The first-order valence-corrected chi connectivity index (χ1v) is 5.76. The van der Waals surface area contributed by atoms with Gasteiger partial charge in [0.25, 0.3) is 0 Å². The number of ether oxygens (including phenoxy) is 1. The third-order valence-corrected chi connectivity index (χ3v) is 3.05. The second-order valence-corrected chi connectivity index (χ2v) is 4.47. The van der Waals surface area contributed by atoms with E-state index in [-0.39, 0.29) is 12.2 Å². The standard InChI is InChI=1S/C13H17NO3/c1-8-4-3-5-10(6-8)11-7-14-12(13(15)16)9(2)17-11/h3-6,9,11-12,14H,7H2,1-2H3,(H,15,16). The molecule has 0 bridgehead atoms. The zero-order valence-corrected chi connectivity index (χ0v) is 10.0. The summed E-state index contributed by atoms with van der Waals surface area (Å²) in [6.45, 7) is 4.35. The van der Waals surface area contributed by atoms with Gasteiger partial charge < -0.3 is 9.84 Å². The average molecular weight is 235 g/mol. The Morgan fingerprint density at radius 2 is 2.29 bits per heavy atom. The van der Waals surface area contributed by atoms with Crippen molar-refractivity contribution in [1.29, 1.82) is 0 Å². The molecule has 0 aromatic heterocycles. The third kappa shape index (κ3) is 2.65. The van der Waals surface area contributed by atoms with Crippen LogP contribution < -0.4 is 5.32 Å². The molecule has 1 fully saturated rings. The van der Waals surface area contributed by atoms with Crippen molar-refractivity contribution in [2.45, 2.75) is 32.1 Å². The van der Waals surface area contributed by atoms with Gasteiger partial charge in [0.2, 0.25) is 0 Å². The molecular formula is C13H17NO3. The minimum absolute atomic E-state index is 0.0690.